The molecule has 2 heterocycles. The summed E-state index contributed by atoms with van der Waals surface area (Å²) < 4.78 is 0. The summed E-state index contributed by atoms with van der Waals surface area (Å²) in [5.41, 5.74) is 0.509. The number of carboxylic acids is 1. The lowest BCUT2D eigenvalue weighted by atomic mass is 10.2. The Balaban J connectivity index is 2.02. The molecule has 1 fully saturated rings. The quantitative estimate of drug-likeness (QED) is 0.874. The molecule has 0 aliphatic carbocycles. The molecular weight excluding hydrogens is 252 g/mol. The highest BCUT2D eigenvalue weighted by Crippen LogP contribution is 2.26. The number of hydrogen-bond donors (Lipinski definition) is 2. The Bertz CT molecular complexity index is 458. The molecule has 1 aromatic heterocycles. The summed E-state index contributed by atoms with van der Waals surface area (Å²) in [6, 6.07) is 1.42. The van der Waals surface area contributed by atoms with E-state index < -0.39 is 5.97 Å². The van der Waals surface area contributed by atoms with E-state index in [9.17, 15) is 9.59 Å². The van der Waals surface area contributed by atoms with Crippen LogP contribution >= 0.6 is 11.8 Å². The maximum atomic E-state index is 11.9. The van der Waals surface area contributed by atoms with Crippen molar-refractivity contribution in [1.82, 2.24) is 4.98 Å². The summed E-state index contributed by atoms with van der Waals surface area (Å²) >= 11 is 1.65. The number of anilines is 1. The molecule has 1 aliphatic rings. The van der Waals surface area contributed by atoms with Gasteiger partial charge in [0, 0.05) is 6.20 Å². The molecule has 0 radical (unpaired) electrons. The van der Waals surface area contributed by atoms with Crippen molar-refractivity contribution in [1.29, 1.82) is 0 Å². The van der Waals surface area contributed by atoms with Crippen molar-refractivity contribution >= 4 is 29.3 Å². The molecule has 1 atom stereocenters. The number of carbonyl (C=O) groups is 2. The molecule has 0 aromatic carbocycles. The third-order valence-electron chi connectivity index (χ3n) is 2.72. The van der Waals surface area contributed by atoms with Gasteiger partial charge in [0.2, 0.25) is 5.91 Å². The van der Waals surface area contributed by atoms with Crippen LogP contribution in [-0.2, 0) is 4.79 Å². The van der Waals surface area contributed by atoms with Crippen molar-refractivity contribution in [2.75, 3.05) is 11.1 Å². The smallest absolute Gasteiger partial charge is 0.337 e. The maximum Gasteiger partial charge on any atom is 0.337 e. The summed E-state index contributed by atoms with van der Waals surface area (Å²) in [5.74, 6) is -0.111. The van der Waals surface area contributed by atoms with Gasteiger partial charge in [-0.2, -0.15) is 0 Å². The van der Waals surface area contributed by atoms with Crippen molar-refractivity contribution in [3.63, 3.8) is 0 Å². The minimum Gasteiger partial charge on any atom is -0.478 e. The van der Waals surface area contributed by atoms with E-state index in [1.807, 2.05) is 0 Å². The van der Waals surface area contributed by atoms with E-state index >= 15 is 0 Å². The Morgan fingerprint density at radius 3 is 2.89 bits per heavy atom. The lowest BCUT2D eigenvalue weighted by Crippen LogP contribution is -2.27. The number of thioether (sulfide) groups is 1. The van der Waals surface area contributed by atoms with Crippen molar-refractivity contribution in [2.45, 2.75) is 24.5 Å². The standard InChI is InChI=1S/C12H14N2O3S/c15-11(10-3-1-2-4-18-10)14-9-5-8(12(16)17)6-13-7-9/h5-7,10H,1-4H2,(H,14,15)(H,16,17). The van der Waals surface area contributed by atoms with Gasteiger partial charge in [-0.1, -0.05) is 6.42 Å². The second-order valence-electron chi connectivity index (χ2n) is 4.11. The summed E-state index contributed by atoms with van der Waals surface area (Å²) in [7, 11) is 0. The Labute approximate surface area is 109 Å². The molecule has 1 aliphatic heterocycles. The third-order valence-corrected chi connectivity index (χ3v) is 4.10. The summed E-state index contributed by atoms with van der Waals surface area (Å²) in [6.45, 7) is 0. The van der Waals surface area contributed by atoms with Crippen molar-refractivity contribution in [2.24, 2.45) is 0 Å². The molecule has 1 saturated heterocycles. The van der Waals surface area contributed by atoms with Crippen molar-refractivity contribution in [3.05, 3.63) is 24.0 Å². The normalized spacial score (nSPS) is 19.2. The van der Waals surface area contributed by atoms with E-state index in [1.54, 1.807) is 11.8 Å². The van der Waals surface area contributed by atoms with Crippen LogP contribution in [0.2, 0.25) is 0 Å². The Morgan fingerprint density at radius 1 is 1.39 bits per heavy atom. The molecular formula is C12H14N2O3S. The Morgan fingerprint density at radius 2 is 2.22 bits per heavy atom. The van der Waals surface area contributed by atoms with Crippen molar-refractivity contribution in [3.8, 4) is 0 Å². The first-order chi connectivity index (χ1) is 8.66. The molecule has 96 valence electrons. The number of aromatic carboxylic acids is 1. The first-order valence-corrected chi connectivity index (χ1v) is 6.82. The number of hydrogen-bond acceptors (Lipinski definition) is 4. The number of carbonyl (C=O) groups excluding carboxylic acids is 1. The monoisotopic (exact) mass is 266 g/mol. The number of amides is 1. The molecule has 18 heavy (non-hydrogen) atoms. The van der Waals surface area contributed by atoms with Gasteiger partial charge in [-0.15, -0.1) is 11.8 Å². The molecule has 1 unspecified atom stereocenters. The van der Waals surface area contributed by atoms with Crippen LogP contribution in [0, 0.1) is 0 Å². The van der Waals surface area contributed by atoms with Gasteiger partial charge in [-0.05, 0) is 24.7 Å². The van der Waals surface area contributed by atoms with Crippen LogP contribution in [0.5, 0.6) is 0 Å². The van der Waals surface area contributed by atoms with Gasteiger partial charge in [0.15, 0.2) is 0 Å². The first kappa shape index (κ1) is 12.9. The fraction of sp³-hybridized carbons (Fsp3) is 0.417. The van der Waals surface area contributed by atoms with Crippen LogP contribution in [0.25, 0.3) is 0 Å². The largest absolute Gasteiger partial charge is 0.478 e. The highest BCUT2D eigenvalue weighted by atomic mass is 32.2. The molecule has 1 aromatic rings. The third kappa shape index (κ3) is 3.22. The fourth-order valence-corrected chi connectivity index (χ4v) is 2.99. The zero-order valence-electron chi connectivity index (χ0n) is 9.76. The molecule has 2 rings (SSSR count). The van der Waals surface area contributed by atoms with Gasteiger partial charge >= 0.3 is 5.97 Å². The van der Waals surface area contributed by atoms with Gasteiger partial charge in [0.25, 0.3) is 0 Å². The minimum absolute atomic E-state index is 0.0350. The molecule has 5 nitrogen and oxygen atoms in total. The Kier molecular flexibility index (Phi) is 4.19. The lowest BCUT2D eigenvalue weighted by Gasteiger charge is -2.20. The highest BCUT2D eigenvalue weighted by molar-refractivity contribution is 8.00. The number of carboxylic acid groups (broad SMARTS) is 1. The van der Waals surface area contributed by atoms with E-state index in [-0.39, 0.29) is 16.7 Å². The summed E-state index contributed by atoms with van der Waals surface area (Å²) in [4.78, 5) is 26.5. The zero-order chi connectivity index (χ0) is 13.0. The second kappa shape index (κ2) is 5.86. The van der Waals surface area contributed by atoms with Gasteiger partial charge in [0.1, 0.15) is 0 Å². The number of nitrogens with zero attached hydrogens (tertiary/aromatic N) is 1. The van der Waals surface area contributed by atoms with E-state index in [2.05, 4.69) is 10.3 Å². The maximum absolute atomic E-state index is 11.9. The van der Waals surface area contributed by atoms with Crippen LogP contribution in [0.1, 0.15) is 29.6 Å². The highest BCUT2D eigenvalue weighted by Gasteiger charge is 2.21. The topological polar surface area (TPSA) is 79.3 Å². The molecule has 6 heteroatoms. The Hall–Kier alpha value is -1.56. The average Bonchev–Trinajstić information content (AvgIpc) is 2.40. The van der Waals surface area contributed by atoms with E-state index in [0.717, 1.165) is 25.0 Å². The molecule has 0 bridgehead atoms. The van der Waals surface area contributed by atoms with Gasteiger partial charge in [-0.25, -0.2) is 4.79 Å². The van der Waals surface area contributed by atoms with E-state index in [4.69, 9.17) is 5.11 Å². The van der Waals surface area contributed by atoms with Crippen LogP contribution in [0.4, 0.5) is 5.69 Å². The zero-order valence-corrected chi connectivity index (χ0v) is 10.6. The summed E-state index contributed by atoms with van der Waals surface area (Å²) in [6.07, 6.45) is 5.82. The van der Waals surface area contributed by atoms with Crippen LogP contribution in [-0.4, -0.2) is 33.0 Å². The minimum atomic E-state index is -1.05. The first-order valence-electron chi connectivity index (χ1n) is 5.77. The number of pyridine rings is 1. The fourth-order valence-electron chi connectivity index (χ4n) is 1.80. The van der Waals surface area contributed by atoms with E-state index in [0.29, 0.717) is 5.69 Å². The average molecular weight is 266 g/mol. The second-order valence-corrected chi connectivity index (χ2v) is 5.42. The molecule has 2 N–H and O–H groups in total. The van der Waals surface area contributed by atoms with Crippen LogP contribution < -0.4 is 5.32 Å². The lowest BCUT2D eigenvalue weighted by molar-refractivity contribution is -0.115. The van der Waals surface area contributed by atoms with E-state index in [1.165, 1.54) is 18.5 Å². The molecule has 1 amide bonds. The van der Waals surface area contributed by atoms with Crippen molar-refractivity contribution < 1.29 is 14.7 Å². The van der Waals surface area contributed by atoms with Gasteiger partial charge in [-0.3, -0.25) is 9.78 Å². The summed E-state index contributed by atoms with van der Waals surface area (Å²) in [5, 5.41) is 11.5. The van der Waals surface area contributed by atoms with Crippen LogP contribution in [0.3, 0.4) is 0 Å². The predicted molar refractivity (Wildman–Crippen MR) is 69.9 cm³/mol. The molecule has 0 spiro atoms. The predicted octanol–water partition coefficient (Wildman–Crippen LogP) is 2.00. The van der Waals surface area contributed by atoms with Gasteiger partial charge < -0.3 is 10.4 Å². The molecule has 0 saturated carbocycles. The number of aromatic nitrogens is 1. The van der Waals surface area contributed by atoms with Gasteiger partial charge in [0.05, 0.1) is 22.7 Å². The van der Waals surface area contributed by atoms with Crippen LogP contribution in [0.15, 0.2) is 18.5 Å². The SMILES string of the molecule is O=C(O)c1cncc(NC(=O)C2CCCCS2)c1. The number of nitrogens with one attached hydrogen (secondary N) is 1. The number of rotatable bonds is 3.